The largest absolute Gasteiger partial charge is 0.454 e. The Morgan fingerprint density at radius 3 is 2.33 bits per heavy atom. The summed E-state index contributed by atoms with van der Waals surface area (Å²) in [4.78, 5) is 0. The van der Waals surface area contributed by atoms with Gasteiger partial charge in [-0.15, -0.1) is 0 Å². The number of furan rings is 1. The summed E-state index contributed by atoms with van der Waals surface area (Å²) < 4.78 is 8.88. The van der Waals surface area contributed by atoms with Crippen molar-refractivity contribution < 1.29 is 8.98 Å². The van der Waals surface area contributed by atoms with Gasteiger partial charge in [-0.1, -0.05) is 55.7 Å². The Balaban J connectivity index is 1.33. The Morgan fingerprint density at radius 2 is 1.59 bits per heavy atom. The van der Waals surface area contributed by atoms with Gasteiger partial charge in [-0.05, 0) is 85.3 Å². The van der Waals surface area contributed by atoms with Crippen molar-refractivity contribution in [1.82, 2.24) is 0 Å². The van der Waals surface area contributed by atoms with Crippen molar-refractivity contribution in [2.75, 3.05) is 0 Å². The third-order valence-corrected chi connectivity index (χ3v) is 9.74. The lowest BCUT2D eigenvalue weighted by Crippen LogP contribution is -2.30. The summed E-state index contributed by atoms with van der Waals surface area (Å²) in [6, 6.07) is 26.1. The van der Waals surface area contributed by atoms with Gasteiger partial charge in [0.25, 0.3) is 0 Å². The van der Waals surface area contributed by atoms with Crippen LogP contribution in [0.15, 0.2) is 77.3 Å². The monoisotopic (exact) mass is 511 g/mol. The van der Waals surface area contributed by atoms with Gasteiger partial charge in [0, 0.05) is 28.5 Å². The molecule has 2 saturated carbocycles. The molecule has 1 unspecified atom stereocenters. The van der Waals surface area contributed by atoms with Crippen molar-refractivity contribution in [2.45, 2.75) is 64.2 Å². The summed E-state index contributed by atoms with van der Waals surface area (Å²) in [5.74, 6) is 0.659. The van der Waals surface area contributed by atoms with Gasteiger partial charge in [-0.25, -0.2) is 4.57 Å². The van der Waals surface area contributed by atoms with Crippen LogP contribution in [-0.2, 0) is 7.05 Å². The zero-order valence-electron chi connectivity index (χ0n) is 23.0. The fourth-order valence-corrected chi connectivity index (χ4v) is 7.65. The zero-order valence-corrected chi connectivity index (χ0v) is 23.0. The maximum Gasteiger partial charge on any atom is 0.216 e. The summed E-state index contributed by atoms with van der Waals surface area (Å²) in [7, 11) is 2.07. The summed E-state index contributed by atoms with van der Waals surface area (Å²) in [5.41, 5.74) is 9.70. The van der Waals surface area contributed by atoms with Crippen LogP contribution in [0, 0.1) is 23.7 Å². The van der Waals surface area contributed by atoms with E-state index in [1.807, 2.05) is 18.2 Å². The summed E-state index contributed by atoms with van der Waals surface area (Å²) in [6.45, 7) is 2.13. The lowest BCUT2D eigenvalue weighted by atomic mass is 9.72. The molecule has 0 bridgehead atoms. The smallest absolute Gasteiger partial charge is 0.216 e. The first-order valence-corrected chi connectivity index (χ1v) is 14.5. The molecule has 2 aliphatic carbocycles. The van der Waals surface area contributed by atoms with E-state index in [1.165, 1.54) is 62.5 Å². The van der Waals surface area contributed by atoms with Gasteiger partial charge >= 0.3 is 0 Å². The van der Waals surface area contributed by atoms with Crippen molar-refractivity contribution in [3.63, 3.8) is 0 Å². The molecule has 0 N–H and O–H groups in total. The minimum Gasteiger partial charge on any atom is -0.454 e. The number of fused-ring (bicyclic) bond motifs is 3. The Hall–Kier alpha value is -3.90. The number of nitriles is 1. The van der Waals surface area contributed by atoms with Crippen molar-refractivity contribution in [1.29, 1.82) is 5.26 Å². The third kappa shape index (κ3) is 3.97. The number of aromatic nitrogens is 1. The maximum atomic E-state index is 10.1. The van der Waals surface area contributed by atoms with Crippen LogP contribution >= 0.6 is 0 Å². The molecule has 3 heteroatoms. The number of benzene rings is 3. The van der Waals surface area contributed by atoms with E-state index in [9.17, 15) is 5.26 Å². The molecule has 2 heterocycles. The van der Waals surface area contributed by atoms with E-state index in [4.69, 9.17) is 4.42 Å². The quantitative estimate of drug-likeness (QED) is 0.227. The fourth-order valence-electron chi connectivity index (χ4n) is 7.65. The maximum absolute atomic E-state index is 10.1. The molecular weight excluding hydrogens is 476 g/mol. The predicted octanol–water partition coefficient (Wildman–Crippen LogP) is 9.14. The molecule has 1 atom stereocenters. The fraction of sp³-hybridized carbons (Fsp3) is 0.333. The van der Waals surface area contributed by atoms with Gasteiger partial charge in [0.1, 0.15) is 18.2 Å². The molecule has 2 aromatic heterocycles. The lowest BCUT2D eigenvalue weighted by Gasteiger charge is -2.33. The van der Waals surface area contributed by atoms with Crippen LogP contribution in [0.5, 0.6) is 0 Å². The number of nitrogens with zero attached hydrogens (tertiary/aromatic N) is 2. The minimum atomic E-state index is 0.598. The first-order valence-electron chi connectivity index (χ1n) is 14.5. The second-order valence-corrected chi connectivity index (χ2v) is 12.0. The summed E-state index contributed by atoms with van der Waals surface area (Å²) in [5, 5.41) is 12.2. The van der Waals surface area contributed by atoms with Crippen molar-refractivity contribution >= 4 is 21.9 Å². The van der Waals surface area contributed by atoms with Gasteiger partial charge in [0.2, 0.25) is 5.69 Å². The van der Waals surface area contributed by atoms with Crippen LogP contribution in [0.2, 0.25) is 0 Å². The van der Waals surface area contributed by atoms with E-state index in [0.717, 1.165) is 44.3 Å². The lowest BCUT2D eigenvalue weighted by molar-refractivity contribution is -0.660. The normalized spacial score (nSPS) is 18.6. The average molecular weight is 512 g/mol. The van der Waals surface area contributed by atoms with E-state index in [-0.39, 0.29) is 0 Å². The molecule has 1 spiro atoms. The van der Waals surface area contributed by atoms with Gasteiger partial charge < -0.3 is 4.42 Å². The number of rotatable bonds is 3. The highest BCUT2D eigenvalue weighted by atomic mass is 16.3. The molecule has 194 valence electrons. The third-order valence-electron chi connectivity index (χ3n) is 9.74. The molecule has 39 heavy (non-hydrogen) atoms. The van der Waals surface area contributed by atoms with Crippen molar-refractivity contribution in [2.24, 2.45) is 12.5 Å². The van der Waals surface area contributed by atoms with Gasteiger partial charge in [0.05, 0.1) is 17.2 Å². The second kappa shape index (κ2) is 9.38. The molecule has 0 aliphatic heterocycles. The highest BCUT2D eigenvalue weighted by molar-refractivity contribution is 6.14. The van der Waals surface area contributed by atoms with Crippen LogP contribution in [-0.4, -0.2) is 0 Å². The Morgan fingerprint density at radius 1 is 0.846 bits per heavy atom. The molecule has 0 saturated heterocycles. The molecule has 5 aromatic rings. The summed E-state index contributed by atoms with van der Waals surface area (Å²) >= 11 is 0. The average Bonchev–Trinajstić information content (AvgIpc) is 3.55. The Bertz CT molecular complexity index is 1750. The molecule has 3 aromatic carbocycles. The summed E-state index contributed by atoms with van der Waals surface area (Å²) in [6.07, 6.45) is 13.2. The molecule has 3 nitrogen and oxygen atoms in total. The molecular formula is C36H35N2O+. The number of hydrogen-bond acceptors (Lipinski definition) is 2. The first-order chi connectivity index (χ1) is 19.1. The number of aryl methyl sites for hydroxylation is 2. The minimum absolute atomic E-state index is 0.598. The van der Waals surface area contributed by atoms with E-state index in [1.54, 1.807) is 0 Å². The molecule has 2 aliphatic rings. The van der Waals surface area contributed by atoms with E-state index in [2.05, 4.69) is 79.3 Å². The second-order valence-electron chi connectivity index (χ2n) is 12.0. The first kappa shape index (κ1) is 24.2. The highest BCUT2D eigenvalue weighted by Gasteiger charge is 2.40. The number of hydrogen-bond donors (Lipinski definition) is 0. The van der Waals surface area contributed by atoms with E-state index >= 15 is 0 Å². The van der Waals surface area contributed by atoms with Crippen molar-refractivity contribution in [3.8, 4) is 28.5 Å². The topological polar surface area (TPSA) is 40.8 Å². The van der Waals surface area contributed by atoms with Gasteiger partial charge in [0.15, 0.2) is 6.20 Å². The van der Waals surface area contributed by atoms with Gasteiger partial charge in [-0.2, -0.15) is 5.26 Å². The van der Waals surface area contributed by atoms with Crippen molar-refractivity contribution in [3.05, 3.63) is 89.6 Å². The van der Waals surface area contributed by atoms with Gasteiger partial charge in [-0.3, -0.25) is 0 Å². The van der Waals surface area contributed by atoms with E-state index in [0.29, 0.717) is 16.9 Å². The molecule has 0 radical (unpaired) electrons. The molecule has 2 fully saturated rings. The zero-order chi connectivity index (χ0) is 26.6. The molecule has 7 rings (SSSR count). The van der Waals surface area contributed by atoms with Crippen LogP contribution < -0.4 is 4.57 Å². The Labute approximate surface area is 230 Å². The van der Waals surface area contributed by atoms with Crippen LogP contribution in [0.25, 0.3) is 44.3 Å². The van der Waals surface area contributed by atoms with Crippen LogP contribution in [0.4, 0.5) is 0 Å². The van der Waals surface area contributed by atoms with Crippen LogP contribution in [0.1, 0.15) is 74.0 Å². The number of pyridine rings is 1. The van der Waals surface area contributed by atoms with Crippen LogP contribution in [0.3, 0.4) is 0 Å². The molecule has 0 amide bonds. The predicted molar refractivity (Wildman–Crippen MR) is 157 cm³/mol. The highest BCUT2D eigenvalue weighted by Crippen LogP contribution is 2.54. The Kier molecular flexibility index (Phi) is 5.81. The standard InChI is InChI=1S/C36H35N2O/c1-24-9-15-29-30-16-14-28(23-37)33(35(30)39-34(29)32(24)31-8-4-7-21-38(31)2)26-12-10-25(11-13-26)27-17-20-36(22-27)18-5-3-6-19-36/h4,7-16,21,27H,3,5-6,17-20,22H2,1-2H3/q+1. The van der Waals surface area contributed by atoms with E-state index < -0.39 is 0 Å². The SMILES string of the molecule is Cc1ccc2c(oc3c(-c4ccc(C5CCC6(CCCCC6)C5)cc4)c(C#N)ccc32)c1-c1cccc[n+]1C.